The monoisotopic (exact) mass is 354 g/mol. The predicted octanol–water partition coefficient (Wildman–Crippen LogP) is 0.985. The van der Waals surface area contributed by atoms with Crippen molar-refractivity contribution in [2.45, 2.75) is 12.8 Å². The van der Waals surface area contributed by atoms with Gasteiger partial charge >= 0.3 is 0 Å². The number of rotatable bonds is 11. The molecule has 0 aliphatic rings. The maximum atomic E-state index is 12.3. The van der Waals surface area contributed by atoms with E-state index in [1.165, 1.54) is 21.3 Å². The first-order valence-corrected chi connectivity index (χ1v) is 7.91. The average molecular weight is 354 g/mol. The normalized spacial score (nSPS) is 10.1. The molecule has 0 bridgehead atoms. The summed E-state index contributed by atoms with van der Waals surface area (Å²) in [5, 5.41) is 5.45. The molecule has 2 N–H and O–H groups in total. The van der Waals surface area contributed by atoms with Crippen molar-refractivity contribution < 1.29 is 28.5 Å². The zero-order valence-electron chi connectivity index (χ0n) is 15.1. The summed E-state index contributed by atoms with van der Waals surface area (Å²) in [7, 11) is 6.06. The van der Waals surface area contributed by atoms with Crippen LogP contribution in [0.15, 0.2) is 12.1 Å². The maximum absolute atomic E-state index is 12.3. The average Bonchev–Trinajstić information content (AvgIpc) is 2.63. The molecule has 0 aliphatic heterocycles. The fourth-order valence-corrected chi connectivity index (χ4v) is 2.14. The summed E-state index contributed by atoms with van der Waals surface area (Å²) < 4.78 is 20.6. The van der Waals surface area contributed by atoms with Crippen LogP contribution in [0.25, 0.3) is 0 Å². The summed E-state index contributed by atoms with van der Waals surface area (Å²) in [5.74, 6) is 0.746. The molecule has 0 spiro atoms. The molecule has 0 saturated carbocycles. The van der Waals surface area contributed by atoms with Crippen molar-refractivity contribution in [1.29, 1.82) is 0 Å². The second kappa shape index (κ2) is 11.1. The summed E-state index contributed by atoms with van der Waals surface area (Å²) in [6, 6.07) is 3.11. The Morgan fingerprint density at radius 1 is 0.920 bits per heavy atom. The zero-order chi connectivity index (χ0) is 18.7. The lowest BCUT2D eigenvalue weighted by Crippen LogP contribution is -2.31. The van der Waals surface area contributed by atoms with E-state index in [-0.39, 0.29) is 24.8 Å². The molecule has 0 saturated heterocycles. The third-order valence-electron chi connectivity index (χ3n) is 3.41. The number of benzene rings is 1. The van der Waals surface area contributed by atoms with Crippen LogP contribution >= 0.6 is 0 Å². The highest BCUT2D eigenvalue weighted by atomic mass is 16.5. The van der Waals surface area contributed by atoms with E-state index >= 15 is 0 Å². The van der Waals surface area contributed by atoms with Gasteiger partial charge in [-0.05, 0) is 18.6 Å². The highest BCUT2D eigenvalue weighted by molar-refractivity contribution is 5.95. The molecule has 8 nitrogen and oxygen atoms in total. The number of nitrogens with one attached hydrogen (secondary N) is 2. The van der Waals surface area contributed by atoms with Crippen LogP contribution < -0.4 is 24.8 Å². The Balaban J connectivity index is 2.56. The van der Waals surface area contributed by atoms with E-state index in [0.29, 0.717) is 36.0 Å². The van der Waals surface area contributed by atoms with E-state index < -0.39 is 0 Å². The second-order valence-electron chi connectivity index (χ2n) is 5.12. The quantitative estimate of drug-likeness (QED) is 0.576. The fraction of sp³-hybridized carbons (Fsp3) is 0.529. The van der Waals surface area contributed by atoms with Gasteiger partial charge in [-0.1, -0.05) is 0 Å². The van der Waals surface area contributed by atoms with Gasteiger partial charge in [-0.2, -0.15) is 0 Å². The molecular formula is C17H26N2O6. The second-order valence-corrected chi connectivity index (χ2v) is 5.12. The Morgan fingerprint density at radius 3 is 2.08 bits per heavy atom. The van der Waals surface area contributed by atoms with Gasteiger partial charge in [0.25, 0.3) is 5.91 Å². The largest absolute Gasteiger partial charge is 0.493 e. The molecule has 1 aromatic carbocycles. The highest BCUT2D eigenvalue weighted by Gasteiger charge is 2.16. The summed E-state index contributed by atoms with van der Waals surface area (Å²) in [6.07, 6.45) is 0.948. The SMILES string of the molecule is COCCCNC(=O)CCNC(=O)c1cc(OC)c(OC)c(OC)c1. The molecular weight excluding hydrogens is 328 g/mol. The Bertz CT molecular complexity index is 551. The first-order valence-electron chi connectivity index (χ1n) is 7.91. The van der Waals surface area contributed by atoms with Crippen molar-refractivity contribution in [3.8, 4) is 17.2 Å². The number of carbonyl (C=O) groups excluding carboxylic acids is 2. The highest BCUT2D eigenvalue weighted by Crippen LogP contribution is 2.38. The van der Waals surface area contributed by atoms with Crippen LogP contribution in [0.3, 0.4) is 0 Å². The van der Waals surface area contributed by atoms with Crippen LogP contribution in [0, 0.1) is 0 Å². The minimum Gasteiger partial charge on any atom is -0.493 e. The van der Waals surface area contributed by atoms with Crippen molar-refractivity contribution in [2.24, 2.45) is 0 Å². The van der Waals surface area contributed by atoms with Crippen molar-refractivity contribution in [1.82, 2.24) is 10.6 Å². The zero-order valence-corrected chi connectivity index (χ0v) is 15.1. The first-order chi connectivity index (χ1) is 12.1. The van der Waals surface area contributed by atoms with E-state index in [4.69, 9.17) is 18.9 Å². The molecule has 0 aromatic heterocycles. The van der Waals surface area contributed by atoms with Crippen molar-refractivity contribution in [2.75, 3.05) is 48.1 Å². The Labute approximate surface area is 147 Å². The molecule has 2 amide bonds. The summed E-state index contributed by atoms with van der Waals surface area (Å²) in [5.41, 5.74) is 0.356. The number of carbonyl (C=O) groups is 2. The van der Waals surface area contributed by atoms with Gasteiger partial charge in [0.1, 0.15) is 0 Å². The lowest BCUT2D eigenvalue weighted by Gasteiger charge is -2.14. The number of amides is 2. The molecule has 1 rings (SSSR count). The van der Waals surface area contributed by atoms with Crippen molar-refractivity contribution in [3.63, 3.8) is 0 Å². The lowest BCUT2D eigenvalue weighted by molar-refractivity contribution is -0.120. The Hall–Kier alpha value is -2.48. The van der Waals surface area contributed by atoms with Crippen LogP contribution in [0.4, 0.5) is 0 Å². The van der Waals surface area contributed by atoms with Gasteiger partial charge in [-0.15, -0.1) is 0 Å². The molecule has 0 heterocycles. The molecule has 0 atom stereocenters. The molecule has 0 aliphatic carbocycles. The third kappa shape index (κ3) is 6.50. The number of hydrogen-bond donors (Lipinski definition) is 2. The van der Waals surface area contributed by atoms with Crippen LogP contribution in [0.1, 0.15) is 23.2 Å². The van der Waals surface area contributed by atoms with Crippen molar-refractivity contribution in [3.05, 3.63) is 17.7 Å². The standard InChI is InChI=1S/C17H26N2O6/c1-22-9-5-7-18-15(20)6-8-19-17(21)12-10-13(23-2)16(25-4)14(11-12)24-3/h10-11H,5-9H2,1-4H3,(H,18,20)(H,19,21). The van der Waals surface area contributed by atoms with E-state index in [1.807, 2.05) is 0 Å². The number of methoxy groups -OCH3 is 4. The van der Waals surface area contributed by atoms with Gasteiger partial charge in [0.2, 0.25) is 11.7 Å². The minimum atomic E-state index is -0.327. The Kier molecular flexibility index (Phi) is 9.16. The lowest BCUT2D eigenvalue weighted by atomic mass is 10.1. The van der Waals surface area contributed by atoms with Crippen LogP contribution in [-0.4, -0.2) is 59.9 Å². The molecule has 1 aromatic rings. The molecule has 140 valence electrons. The third-order valence-corrected chi connectivity index (χ3v) is 3.41. The molecule has 25 heavy (non-hydrogen) atoms. The van der Waals surface area contributed by atoms with Gasteiger partial charge in [0, 0.05) is 38.8 Å². The first kappa shape index (κ1) is 20.6. The number of ether oxygens (including phenoxy) is 4. The minimum absolute atomic E-state index is 0.124. The van der Waals surface area contributed by atoms with Crippen LogP contribution in [0.5, 0.6) is 17.2 Å². The molecule has 0 fully saturated rings. The topological polar surface area (TPSA) is 95.1 Å². The summed E-state index contributed by atoms with van der Waals surface area (Å²) in [4.78, 5) is 23.9. The van der Waals surface area contributed by atoms with E-state index in [2.05, 4.69) is 10.6 Å². The summed E-state index contributed by atoms with van der Waals surface area (Å²) >= 11 is 0. The van der Waals surface area contributed by atoms with E-state index in [1.54, 1.807) is 19.2 Å². The fourth-order valence-electron chi connectivity index (χ4n) is 2.14. The van der Waals surface area contributed by atoms with E-state index in [9.17, 15) is 9.59 Å². The van der Waals surface area contributed by atoms with Gasteiger partial charge < -0.3 is 29.6 Å². The van der Waals surface area contributed by atoms with Crippen molar-refractivity contribution >= 4 is 11.8 Å². The van der Waals surface area contributed by atoms with Gasteiger partial charge in [0.15, 0.2) is 11.5 Å². The maximum Gasteiger partial charge on any atom is 0.251 e. The predicted molar refractivity (Wildman–Crippen MR) is 92.6 cm³/mol. The van der Waals surface area contributed by atoms with Gasteiger partial charge in [-0.3, -0.25) is 9.59 Å². The van der Waals surface area contributed by atoms with Crippen LogP contribution in [0.2, 0.25) is 0 Å². The van der Waals surface area contributed by atoms with Gasteiger partial charge in [0.05, 0.1) is 21.3 Å². The Morgan fingerprint density at radius 2 is 1.56 bits per heavy atom. The molecule has 0 unspecified atom stereocenters. The smallest absolute Gasteiger partial charge is 0.251 e. The van der Waals surface area contributed by atoms with E-state index in [0.717, 1.165) is 6.42 Å². The number of hydrogen-bond acceptors (Lipinski definition) is 6. The molecule has 0 radical (unpaired) electrons. The van der Waals surface area contributed by atoms with Gasteiger partial charge in [-0.25, -0.2) is 0 Å². The molecule has 8 heteroatoms. The van der Waals surface area contributed by atoms with Crippen LogP contribution in [-0.2, 0) is 9.53 Å². The summed E-state index contributed by atoms with van der Waals surface area (Å²) in [6.45, 7) is 1.37.